The molecule has 0 aliphatic carbocycles. The third kappa shape index (κ3) is 2.98. The molecule has 0 spiro atoms. The predicted octanol–water partition coefficient (Wildman–Crippen LogP) is 1.50. The van der Waals surface area contributed by atoms with Crippen LogP contribution in [0.25, 0.3) is 0 Å². The number of ether oxygens (including phenoxy) is 1. The lowest BCUT2D eigenvalue weighted by atomic mass is 9.98. The number of carbonyl (C=O) groups is 2. The lowest BCUT2D eigenvalue weighted by Gasteiger charge is -2.33. The summed E-state index contributed by atoms with van der Waals surface area (Å²) < 4.78 is 5.34. The highest BCUT2D eigenvalue weighted by Gasteiger charge is 2.39. The monoisotopic (exact) mass is 297 g/mol. The maximum absolute atomic E-state index is 12.0. The molecule has 2 rings (SSSR count). The van der Waals surface area contributed by atoms with Gasteiger partial charge in [-0.3, -0.25) is 10.2 Å². The van der Waals surface area contributed by atoms with E-state index in [1.54, 1.807) is 4.90 Å². The van der Waals surface area contributed by atoms with Crippen molar-refractivity contribution in [3.8, 4) is 0 Å². The van der Waals surface area contributed by atoms with E-state index < -0.39 is 11.5 Å². The van der Waals surface area contributed by atoms with E-state index in [4.69, 9.17) is 15.9 Å². The number of primary amides is 1. The summed E-state index contributed by atoms with van der Waals surface area (Å²) in [7, 11) is 0. The quantitative estimate of drug-likeness (QED) is 0.766. The highest BCUT2D eigenvalue weighted by Crippen LogP contribution is 2.39. The molecule has 2 amide bonds. The van der Waals surface area contributed by atoms with Crippen LogP contribution in [-0.4, -0.2) is 45.9 Å². The van der Waals surface area contributed by atoms with Crippen molar-refractivity contribution in [1.82, 2.24) is 4.90 Å². The van der Waals surface area contributed by atoms with Crippen molar-refractivity contribution < 1.29 is 14.3 Å². The lowest BCUT2D eigenvalue weighted by molar-refractivity contribution is -0.114. The van der Waals surface area contributed by atoms with Crippen LogP contribution < -0.4 is 5.73 Å². The number of hydrogen-bond acceptors (Lipinski definition) is 5. The Balaban J connectivity index is 2.09. The summed E-state index contributed by atoms with van der Waals surface area (Å²) >= 11 is 1.28. The van der Waals surface area contributed by atoms with Gasteiger partial charge in [0.2, 0.25) is 0 Å². The van der Waals surface area contributed by atoms with E-state index >= 15 is 0 Å². The molecule has 0 saturated carbocycles. The van der Waals surface area contributed by atoms with Crippen LogP contribution in [0, 0.1) is 5.41 Å². The number of nitrogens with zero attached hydrogens (tertiary/aromatic N) is 1. The largest absolute Gasteiger partial charge is 0.444 e. The number of amides is 2. The second-order valence-corrected chi connectivity index (χ2v) is 7.09. The van der Waals surface area contributed by atoms with Crippen LogP contribution >= 0.6 is 11.8 Å². The van der Waals surface area contributed by atoms with E-state index in [9.17, 15) is 9.59 Å². The molecule has 2 aliphatic heterocycles. The first-order chi connectivity index (χ1) is 9.19. The van der Waals surface area contributed by atoms with Crippen molar-refractivity contribution in [1.29, 1.82) is 5.41 Å². The third-order valence-corrected chi connectivity index (χ3v) is 4.29. The molecule has 1 atom stereocenters. The molecule has 1 fully saturated rings. The Labute approximate surface area is 122 Å². The second kappa shape index (κ2) is 5.12. The number of rotatable bonds is 1. The molecular formula is C13H19N3O3S. The van der Waals surface area contributed by atoms with Crippen LogP contribution in [0.3, 0.4) is 0 Å². The van der Waals surface area contributed by atoms with Crippen molar-refractivity contribution in [2.75, 3.05) is 13.1 Å². The number of nitrogens with two attached hydrogens (primary N) is 1. The molecule has 7 heteroatoms. The first kappa shape index (κ1) is 14.9. The van der Waals surface area contributed by atoms with Gasteiger partial charge in [0.25, 0.3) is 5.91 Å². The zero-order valence-corrected chi connectivity index (χ0v) is 12.7. The van der Waals surface area contributed by atoms with Crippen molar-refractivity contribution in [3.05, 3.63) is 11.1 Å². The molecule has 110 valence electrons. The molecular weight excluding hydrogens is 278 g/mol. The van der Waals surface area contributed by atoms with E-state index in [1.807, 2.05) is 20.8 Å². The number of piperidine rings is 1. The average molecular weight is 297 g/mol. The van der Waals surface area contributed by atoms with Gasteiger partial charge >= 0.3 is 6.09 Å². The zero-order chi connectivity index (χ0) is 15.1. The van der Waals surface area contributed by atoms with Gasteiger partial charge < -0.3 is 15.4 Å². The fraction of sp³-hybridized carbons (Fsp3) is 0.615. The molecule has 2 aliphatic rings. The SMILES string of the molecule is CC(C)(C)OC(=O)N1CCC2=C(C(N)=O)C(=N)S[C@@H]2C1. The van der Waals surface area contributed by atoms with Gasteiger partial charge in [0.05, 0.1) is 10.8 Å². The van der Waals surface area contributed by atoms with Crippen LogP contribution in [0.5, 0.6) is 0 Å². The molecule has 20 heavy (non-hydrogen) atoms. The fourth-order valence-corrected chi connectivity index (χ4v) is 3.59. The molecule has 0 aromatic heterocycles. The minimum atomic E-state index is -0.550. The normalized spacial score (nSPS) is 22.9. The molecule has 3 N–H and O–H groups in total. The molecule has 0 aromatic rings. The molecule has 1 saturated heterocycles. The minimum absolute atomic E-state index is 0.0498. The van der Waals surface area contributed by atoms with E-state index in [0.717, 1.165) is 5.57 Å². The Morgan fingerprint density at radius 1 is 1.45 bits per heavy atom. The van der Waals surface area contributed by atoms with E-state index in [2.05, 4.69) is 0 Å². The smallest absolute Gasteiger partial charge is 0.410 e. The Hall–Kier alpha value is -1.50. The van der Waals surface area contributed by atoms with Crippen LogP contribution in [0.2, 0.25) is 0 Å². The lowest BCUT2D eigenvalue weighted by Crippen LogP contribution is -2.44. The van der Waals surface area contributed by atoms with Crippen LogP contribution in [-0.2, 0) is 9.53 Å². The van der Waals surface area contributed by atoms with E-state index in [-0.39, 0.29) is 16.4 Å². The first-order valence-corrected chi connectivity index (χ1v) is 7.33. The number of likely N-dealkylation sites (tertiary alicyclic amines) is 1. The van der Waals surface area contributed by atoms with Gasteiger partial charge in [-0.25, -0.2) is 4.79 Å². The highest BCUT2D eigenvalue weighted by atomic mass is 32.2. The maximum Gasteiger partial charge on any atom is 0.410 e. The van der Waals surface area contributed by atoms with Gasteiger partial charge in [0.1, 0.15) is 10.6 Å². The second-order valence-electron chi connectivity index (χ2n) is 5.88. The molecule has 0 bridgehead atoms. The average Bonchev–Trinajstić information content (AvgIpc) is 2.61. The number of thioether (sulfide) groups is 1. The Kier molecular flexibility index (Phi) is 3.82. The standard InChI is InChI=1S/C13H19N3O3S/c1-13(2,3)19-12(18)16-5-4-7-8(6-16)20-11(15)9(7)10(14)17/h8,15H,4-6H2,1-3H3,(H2,14,17)/t8-/m1/s1. The summed E-state index contributed by atoms with van der Waals surface area (Å²) in [4.78, 5) is 25.0. The fourth-order valence-electron chi connectivity index (χ4n) is 2.32. The van der Waals surface area contributed by atoms with Gasteiger partial charge in [0, 0.05) is 13.1 Å². The first-order valence-electron chi connectivity index (χ1n) is 6.45. The summed E-state index contributed by atoms with van der Waals surface area (Å²) in [5.41, 5.74) is 6.02. The summed E-state index contributed by atoms with van der Waals surface area (Å²) in [6, 6.07) is 0. The van der Waals surface area contributed by atoms with Gasteiger partial charge in [0.15, 0.2) is 0 Å². The van der Waals surface area contributed by atoms with Crippen molar-refractivity contribution in [2.24, 2.45) is 5.73 Å². The van der Waals surface area contributed by atoms with Gasteiger partial charge in [-0.1, -0.05) is 11.8 Å². The van der Waals surface area contributed by atoms with Crippen molar-refractivity contribution in [3.63, 3.8) is 0 Å². The molecule has 6 nitrogen and oxygen atoms in total. The number of hydrogen-bond donors (Lipinski definition) is 2. The maximum atomic E-state index is 12.0. The van der Waals surface area contributed by atoms with E-state index in [0.29, 0.717) is 25.1 Å². The topological polar surface area (TPSA) is 96.5 Å². The Bertz CT molecular complexity index is 507. The summed E-state index contributed by atoms with van der Waals surface area (Å²) in [6.07, 6.45) is 0.216. The highest BCUT2D eigenvalue weighted by molar-refractivity contribution is 8.15. The van der Waals surface area contributed by atoms with Crippen LogP contribution in [0.4, 0.5) is 4.79 Å². The molecule has 2 heterocycles. The number of carbonyl (C=O) groups excluding carboxylic acids is 2. The van der Waals surface area contributed by atoms with Crippen LogP contribution in [0.1, 0.15) is 27.2 Å². The Morgan fingerprint density at radius 2 is 2.10 bits per heavy atom. The summed E-state index contributed by atoms with van der Waals surface area (Å²) in [6.45, 7) is 6.42. The summed E-state index contributed by atoms with van der Waals surface area (Å²) in [5.74, 6) is -0.550. The molecule has 0 unspecified atom stereocenters. The van der Waals surface area contributed by atoms with Gasteiger partial charge in [-0.05, 0) is 32.8 Å². The Morgan fingerprint density at radius 3 is 2.65 bits per heavy atom. The van der Waals surface area contributed by atoms with Crippen LogP contribution in [0.15, 0.2) is 11.1 Å². The van der Waals surface area contributed by atoms with Gasteiger partial charge in [-0.15, -0.1) is 0 Å². The van der Waals surface area contributed by atoms with Crippen molar-refractivity contribution >= 4 is 28.8 Å². The third-order valence-electron chi connectivity index (χ3n) is 3.13. The summed E-state index contributed by atoms with van der Waals surface area (Å²) in [5, 5.41) is 7.98. The zero-order valence-electron chi connectivity index (χ0n) is 11.9. The number of nitrogens with one attached hydrogen (secondary N) is 1. The van der Waals surface area contributed by atoms with Crippen molar-refractivity contribution in [2.45, 2.75) is 38.0 Å². The minimum Gasteiger partial charge on any atom is -0.444 e. The molecule has 0 radical (unpaired) electrons. The van der Waals surface area contributed by atoms with E-state index in [1.165, 1.54) is 11.8 Å². The van der Waals surface area contributed by atoms with Gasteiger partial charge in [-0.2, -0.15) is 0 Å². The number of fused-ring (bicyclic) bond motifs is 1. The molecule has 0 aromatic carbocycles. The predicted molar refractivity (Wildman–Crippen MR) is 77.8 cm³/mol.